The summed E-state index contributed by atoms with van der Waals surface area (Å²) >= 11 is 0. The molecule has 6 saturated carbocycles. The van der Waals surface area contributed by atoms with Crippen LogP contribution in [0.15, 0.2) is 82.9 Å². The molecule has 296 valence electrons. The van der Waals surface area contributed by atoms with Crippen LogP contribution in [0.4, 0.5) is 0 Å². The molecular weight excluding hydrogens is 746 g/mol. The molecule has 14 heteroatoms. The monoisotopic (exact) mass is 797 g/mol. The lowest BCUT2D eigenvalue weighted by molar-refractivity contribution is -0.0990. The number of hydrogen-bond acceptors (Lipinski definition) is 8. The molecular formula is C42H52ClN9O3S. The summed E-state index contributed by atoms with van der Waals surface area (Å²) in [5, 5.41) is 20.8. The van der Waals surface area contributed by atoms with E-state index in [2.05, 4.69) is 26.8 Å². The number of nitrogens with two attached hydrogens (primary N) is 1. The number of halogens is 1. The minimum absolute atomic E-state index is 0. The average molecular weight is 798 g/mol. The number of aryl methyl sites for hydroxylation is 2. The topological polar surface area (TPSA) is 149 Å². The van der Waals surface area contributed by atoms with Crippen LogP contribution in [0.2, 0.25) is 0 Å². The number of hydrogen-bond donors (Lipinski definition) is 1. The number of rotatable bonds is 8. The highest BCUT2D eigenvalue weighted by atomic mass is 35.5. The standard InChI is InChI=1S/C23H28N4O2S.C18H19N5O.CH4.ClH/c1-22(2,3)30(29)14-19(20-13-27(25-24-20)23-10-15(11-23)12-23)16-6-5-7-18-17(16)8-9-26(4)21(18)28;1-22-6-5-12-13(3-2-4-14(12)17(22)24)16(19)15-10-23(21-20-15)18-7-11(8-18)9-18;;/h5-9,13,15,19H,10-12,14H2,1-4H3;2-6,10-11,16H,7-9,19H2,1H3;1H4;1H/t15?,19-,23?,30+;;;/m0.../s1. The molecule has 4 bridgehead atoms. The fourth-order valence-electron chi connectivity index (χ4n) is 9.02. The Morgan fingerprint density at radius 3 is 1.64 bits per heavy atom. The Labute approximate surface area is 335 Å². The molecule has 56 heavy (non-hydrogen) atoms. The van der Waals surface area contributed by atoms with Crippen LogP contribution >= 0.6 is 12.4 Å². The molecule has 4 heterocycles. The summed E-state index contributed by atoms with van der Waals surface area (Å²) in [5.74, 6) is 2.02. The van der Waals surface area contributed by atoms with Gasteiger partial charge in [0.15, 0.2) is 0 Å². The van der Waals surface area contributed by atoms with E-state index in [-0.39, 0.29) is 58.7 Å². The normalized spacial score (nSPS) is 24.5. The Morgan fingerprint density at radius 2 is 1.18 bits per heavy atom. The van der Waals surface area contributed by atoms with Crippen LogP contribution in [0.1, 0.15) is 101 Å². The summed E-state index contributed by atoms with van der Waals surface area (Å²) < 4.78 is 20.0. The highest BCUT2D eigenvalue weighted by molar-refractivity contribution is 7.86. The van der Waals surface area contributed by atoms with Crippen LogP contribution in [0, 0.1) is 11.8 Å². The fraction of sp³-hybridized carbons (Fsp3) is 0.476. The number of aromatic nitrogens is 8. The predicted octanol–water partition coefficient (Wildman–Crippen LogP) is 6.06. The first-order valence-electron chi connectivity index (χ1n) is 18.9. The van der Waals surface area contributed by atoms with Gasteiger partial charge in [-0.05, 0) is 117 Å². The van der Waals surface area contributed by atoms with Crippen LogP contribution in [-0.2, 0) is 36.0 Å². The van der Waals surface area contributed by atoms with Gasteiger partial charge in [0.25, 0.3) is 11.1 Å². The van der Waals surface area contributed by atoms with Crippen LogP contribution in [0.25, 0.3) is 21.5 Å². The van der Waals surface area contributed by atoms with Gasteiger partial charge in [-0.25, -0.2) is 9.36 Å². The summed E-state index contributed by atoms with van der Waals surface area (Å²) in [7, 11) is 2.44. The Balaban J connectivity index is 0.000000169. The SMILES string of the molecule is C.Cl.Cn1ccc2c(C(N)c3cn(C45CC(C4)C5)nn3)cccc2c1=O.Cn1ccc2c([C@H](C[S@@](=O)C(C)(C)C)c3cn(C45CC(C4)C5)nn3)cccc2c1=O. The fourth-order valence-corrected chi connectivity index (χ4v) is 10.2. The highest BCUT2D eigenvalue weighted by Gasteiger charge is 2.59. The molecule has 6 aromatic rings. The van der Waals surface area contributed by atoms with E-state index < -0.39 is 10.8 Å². The molecule has 0 amide bonds. The maximum absolute atomic E-state index is 13.1. The molecule has 4 aromatic heterocycles. The number of fused-ring (bicyclic) bond motifs is 2. The van der Waals surface area contributed by atoms with E-state index in [1.165, 1.54) is 38.5 Å². The Kier molecular flexibility index (Phi) is 10.1. The number of benzene rings is 2. The van der Waals surface area contributed by atoms with E-state index in [9.17, 15) is 13.8 Å². The van der Waals surface area contributed by atoms with Gasteiger partial charge in [0.05, 0.1) is 29.0 Å². The van der Waals surface area contributed by atoms with Crippen molar-refractivity contribution in [3.63, 3.8) is 0 Å². The summed E-state index contributed by atoms with van der Waals surface area (Å²) in [4.78, 5) is 25.0. The Bertz CT molecular complexity index is 2570. The summed E-state index contributed by atoms with van der Waals surface area (Å²) in [6.07, 6.45) is 14.8. The molecule has 0 spiro atoms. The van der Waals surface area contributed by atoms with Gasteiger partial charge in [0.2, 0.25) is 0 Å². The smallest absolute Gasteiger partial charge is 0.258 e. The Morgan fingerprint density at radius 1 is 0.732 bits per heavy atom. The first-order chi connectivity index (χ1) is 25.7. The first-order valence-corrected chi connectivity index (χ1v) is 20.2. The third kappa shape index (κ3) is 6.35. The highest BCUT2D eigenvalue weighted by Crippen LogP contribution is 2.62. The number of pyridine rings is 2. The van der Waals surface area contributed by atoms with Crippen molar-refractivity contribution in [3.05, 3.63) is 117 Å². The van der Waals surface area contributed by atoms with Crippen molar-refractivity contribution < 1.29 is 4.21 Å². The lowest BCUT2D eigenvalue weighted by Crippen LogP contribution is -2.59. The van der Waals surface area contributed by atoms with Gasteiger partial charge in [-0.15, -0.1) is 22.6 Å². The predicted molar refractivity (Wildman–Crippen MR) is 224 cm³/mol. The minimum Gasteiger partial charge on any atom is -0.319 e. The summed E-state index contributed by atoms with van der Waals surface area (Å²) in [5.41, 5.74) is 10.3. The van der Waals surface area contributed by atoms with E-state index >= 15 is 0 Å². The number of nitrogens with zero attached hydrogens (tertiary/aromatic N) is 8. The second-order valence-corrected chi connectivity index (χ2v) is 19.6. The maximum Gasteiger partial charge on any atom is 0.258 e. The Hall–Kier alpha value is -4.46. The van der Waals surface area contributed by atoms with Crippen LogP contribution in [0.5, 0.6) is 0 Å². The van der Waals surface area contributed by atoms with Crippen molar-refractivity contribution in [2.75, 3.05) is 5.75 Å². The lowest BCUT2D eigenvalue weighted by Gasteiger charge is -2.61. The maximum atomic E-state index is 13.1. The zero-order chi connectivity index (χ0) is 37.7. The average Bonchev–Trinajstić information content (AvgIpc) is 3.74. The quantitative estimate of drug-likeness (QED) is 0.195. The molecule has 12 rings (SSSR count). The zero-order valence-electron chi connectivity index (χ0n) is 31.9. The second-order valence-electron chi connectivity index (χ2n) is 17.3. The van der Waals surface area contributed by atoms with Crippen molar-refractivity contribution in [3.8, 4) is 0 Å². The van der Waals surface area contributed by atoms with E-state index in [1.54, 1.807) is 35.6 Å². The molecule has 12 nitrogen and oxygen atoms in total. The van der Waals surface area contributed by atoms with Crippen molar-refractivity contribution in [2.24, 2.45) is 31.7 Å². The van der Waals surface area contributed by atoms with Gasteiger partial charge in [0, 0.05) is 70.7 Å². The van der Waals surface area contributed by atoms with Crippen molar-refractivity contribution in [1.29, 1.82) is 0 Å². The van der Waals surface area contributed by atoms with Gasteiger partial charge in [-0.3, -0.25) is 13.8 Å². The largest absolute Gasteiger partial charge is 0.319 e. The molecule has 2 aromatic carbocycles. The molecule has 1 unspecified atom stereocenters. The van der Waals surface area contributed by atoms with Gasteiger partial charge < -0.3 is 14.9 Å². The minimum atomic E-state index is -1.07. The van der Waals surface area contributed by atoms with Crippen molar-refractivity contribution in [1.82, 2.24) is 39.1 Å². The molecule has 6 aliphatic carbocycles. The van der Waals surface area contributed by atoms with Gasteiger partial charge >= 0.3 is 0 Å². The molecule has 0 radical (unpaired) electrons. The van der Waals surface area contributed by atoms with Crippen LogP contribution < -0.4 is 16.9 Å². The van der Waals surface area contributed by atoms with Gasteiger partial charge in [0.1, 0.15) is 5.69 Å². The van der Waals surface area contributed by atoms with Gasteiger partial charge in [-0.2, -0.15) is 0 Å². The summed E-state index contributed by atoms with van der Waals surface area (Å²) in [6.45, 7) is 5.99. The van der Waals surface area contributed by atoms with Crippen LogP contribution in [-0.4, -0.2) is 53.8 Å². The van der Waals surface area contributed by atoms with E-state index in [1.807, 2.05) is 84.9 Å². The second kappa shape index (κ2) is 14.2. The lowest BCUT2D eigenvalue weighted by atomic mass is 9.50. The molecule has 0 aliphatic heterocycles. The van der Waals surface area contributed by atoms with Crippen molar-refractivity contribution in [2.45, 2.75) is 94.5 Å². The van der Waals surface area contributed by atoms with E-state index in [0.717, 1.165) is 45.1 Å². The molecule has 6 aliphatic rings. The molecule has 3 atom stereocenters. The molecule has 2 N–H and O–H groups in total. The zero-order valence-corrected chi connectivity index (χ0v) is 33.5. The first kappa shape index (κ1) is 39.8. The molecule has 6 fully saturated rings. The summed E-state index contributed by atoms with van der Waals surface area (Å²) in [6, 6.07) is 15.0. The van der Waals surface area contributed by atoms with E-state index in [0.29, 0.717) is 16.5 Å². The van der Waals surface area contributed by atoms with Crippen molar-refractivity contribution >= 4 is 44.8 Å². The van der Waals surface area contributed by atoms with Gasteiger partial charge in [-0.1, -0.05) is 42.1 Å². The molecule has 0 saturated heterocycles. The van der Waals surface area contributed by atoms with Crippen LogP contribution in [0.3, 0.4) is 0 Å². The third-order valence-corrected chi connectivity index (χ3v) is 14.7. The third-order valence-electron chi connectivity index (χ3n) is 12.7. The van der Waals surface area contributed by atoms with E-state index in [4.69, 9.17) is 5.73 Å².